The Hall–Kier alpha value is -2.60. The number of benzene rings is 2. The van der Waals surface area contributed by atoms with Crippen LogP contribution in [0, 0.1) is 6.92 Å². The van der Waals surface area contributed by atoms with Crippen LogP contribution < -0.4 is 5.32 Å². The van der Waals surface area contributed by atoms with Gasteiger partial charge in [-0.05, 0) is 36.3 Å². The number of rotatable bonds is 7. The Morgan fingerprint density at radius 1 is 1.00 bits per heavy atom. The monoisotopic (exact) mass is 476 g/mol. The molecule has 2 aromatic carbocycles. The number of aromatic nitrogens is 3. The summed E-state index contributed by atoms with van der Waals surface area (Å²) in [4.78, 5) is 12.6. The van der Waals surface area contributed by atoms with E-state index >= 15 is 0 Å². The SMILES string of the molecule is Cc1ccc(CNC(=O)CSc2nnc(-c3ccc(C(C)(C)C)cc3)n2C2CCCCC2)cc1. The van der Waals surface area contributed by atoms with Gasteiger partial charge in [0.25, 0.3) is 0 Å². The summed E-state index contributed by atoms with van der Waals surface area (Å²) in [5, 5.41) is 13.0. The van der Waals surface area contributed by atoms with Gasteiger partial charge in [-0.1, -0.05) is 106 Å². The van der Waals surface area contributed by atoms with Crippen molar-refractivity contribution in [3.63, 3.8) is 0 Å². The largest absolute Gasteiger partial charge is 0.351 e. The number of amides is 1. The highest BCUT2D eigenvalue weighted by atomic mass is 32.2. The standard InChI is InChI=1S/C28H36N4OS/c1-20-10-12-21(13-11-20)18-29-25(33)19-34-27-31-30-26(32(27)24-8-6-5-7-9-24)22-14-16-23(17-15-22)28(2,3)4/h10-17,24H,5-9,18-19H2,1-4H3,(H,29,33). The average molecular weight is 477 g/mol. The van der Waals surface area contributed by atoms with E-state index < -0.39 is 0 Å². The summed E-state index contributed by atoms with van der Waals surface area (Å²) in [5.41, 5.74) is 4.83. The van der Waals surface area contributed by atoms with Crippen LogP contribution in [0.5, 0.6) is 0 Å². The fourth-order valence-electron chi connectivity index (χ4n) is 4.45. The molecule has 1 saturated carbocycles. The normalized spacial score (nSPS) is 14.8. The third-order valence-corrected chi connectivity index (χ3v) is 7.50. The van der Waals surface area contributed by atoms with E-state index in [1.54, 1.807) is 0 Å². The van der Waals surface area contributed by atoms with Crippen LogP contribution in [0.1, 0.15) is 75.6 Å². The first-order valence-corrected chi connectivity index (χ1v) is 13.3. The first-order valence-electron chi connectivity index (χ1n) is 12.3. The molecule has 1 aliphatic carbocycles. The lowest BCUT2D eigenvalue weighted by Crippen LogP contribution is -2.25. The molecule has 0 atom stereocenters. The maximum absolute atomic E-state index is 12.6. The van der Waals surface area contributed by atoms with Crippen LogP contribution >= 0.6 is 11.8 Å². The van der Waals surface area contributed by atoms with Crippen LogP contribution in [0.3, 0.4) is 0 Å². The molecule has 0 spiro atoms. The number of hydrogen-bond acceptors (Lipinski definition) is 4. The highest BCUT2D eigenvalue weighted by Gasteiger charge is 2.24. The number of aryl methyl sites for hydroxylation is 1. The Balaban J connectivity index is 1.49. The van der Waals surface area contributed by atoms with Crippen molar-refractivity contribution in [1.29, 1.82) is 0 Å². The number of carbonyl (C=O) groups excluding carboxylic acids is 1. The molecular weight excluding hydrogens is 440 g/mol. The molecule has 5 nitrogen and oxygen atoms in total. The van der Waals surface area contributed by atoms with Gasteiger partial charge in [0, 0.05) is 18.2 Å². The molecule has 1 fully saturated rings. The molecule has 0 radical (unpaired) electrons. The highest BCUT2D eigenvalue weighted by molar-refractivity contribution is 7.99. The Labute approximate surface area is 207 Å². The van der Waals surface area contributed by atoms with Crippen molar-refractivity contribution in [2.75, 3.05) is 5.75 Å². The highest BCUT2D eigenvalue weighted by Crippen LogP contribution is 2.36. The number of thioether (sulfide) groups is 1. The molecule has 4 rings (SSSR count). The van der Waals surface area contributed by atoms with Gasteiger partial charge >= 0.3 is 0 Å². The second-order valence-corrected chi connectivity index (χ2v) is 11.3. The minimum Gasteiger partial charge on any atom is -0.351 e. The van der Waals surface area contributed by atoms with Crippen molar-refractivity contribution in [1.82, 2.24) is 20.1 Å². The van der Waals surface area contributed by atoms with Crippen LogP contribution in [0.15, 0.2) is 53.7 Å². The summed E-state index contributed by atoms with van der Waals surface area (Å²) < 4.78 is 2.29. The first-order chi connectivity index (χ1) is 16.3. The first kappa shape index (κ1) is 24.5. The molecular formula is C28H36N4OS. The van der Waals surface area contributed by atoms with Crippen LogP contribution in [0.4, 0.5) is 0 Å². The van der Waals surface area contributed by atoms with Gasteiger partial charge in [-0.2, -0.15) is 0 Å². The summed E-state index contributed by atoms with van der Waals surface area (Å²) in [5.74, 6) is 1.26. The predicted molar refractivity (Wildman–Crippen MR) is 140 cm³/mol. The molecule has 3 aromatic rings. The van der Waals surface area contributed by atoms with E-state index in [9.17, 15) is 4.79 Å². The van der Waals surface area contributed by atoms with Gasteiger partial charge in [0.1, 0.15) is 0 Å². The zero-order valence-corrected chi connectivity index (χ0v) is 21.6. The van der Waals surface area contributed by atoms with E-state index in [0.717, 1.165) is 34.9 Å². The van der Waals surface area contributed by atoms with Gasteiger partial charge in [0.15, 0.2) is 11.0 Å². The Morgan fingerprint density at radius 3 is 2.32 bits per heavy atom. The van der Waals surface area contributed by atoms with Crippen molar-refractivity contribution in [3.8, 4) is 11.4 Å². The molecule has 0 bridgehead atoms. The molecule has 1 amide bonds. The minimum absolute atomic E-state index is 0.0137. The van der Waals surface area contributed by atoms with Crippen LogP contribution in [-0.2, 0) is 16.8 Å². The number of carbonyl (C=O) groups is 1. The topological polar surface area (TPSA) is 59.8 Å². The van der Waals surface area contributed by atoms with Crippen LogP contribution in [0.2, 0.25) is 0 Å². The van der Waals surface area contributed by atoms with E-state index in [2.05, 4.69) is 96.3 Å². The lowest BCUT2D eigenvalue weighted by atomic mass is 9.86. The van der Waals surface area contributed by atoms with Crippen molar-refractivity contribution in [3.05, 3.63) is 65.2 Å². The molecule has 0 aliphatic heterocycles. The molecule has 0 saturated heterocycles. The lowest BCUT2D eigenvalue weighted by Gasteiger charge is -2.26. The summed E-state index contributed by atoms with van der Waals surface area (Å²) in [6.07, 6.45) is 6.02. The Morgan fingerprint density at radius 2 is 1.68 bits per heavy atom. The predicted octanol–water partition coefficient (Wildman–Crippen LogP) is 6.46. The van der Waals surface area contributed by atoms with Crippen LogP contribution in [0.25, 0.3) is 11.4 Å². The number of hydrogen-bond donors (Lipinski definition) is 1. The summed E-state index contributed by atoms with van der Waals surface area (Å²) in [6.45, 7) is 9.29. The summed E-state index contributed by atoms with van der Waals surface area (Å²) >= 11 is 1.49. The van der Waals surface area contributed by atoms with Gasteiger partial charge in [0.2, 0.25) is 5.91 Å². The molecule has 180 valence electrons. The van der Waals surface area contributed by atoms with Crippen molar-refractivity contribution >= 4 is 17.7 Å². The van der Waals surface area contributed by atoms with Gasteiger partial charge in [-0.15, -0.1) is 10.2 Å². The molecule has 1 N–H and O–H groups in total. The number of nitrogens with zero attached hydrogens (tertiary/aromatic N) is 3. The van der Waals surface area contributed by atoms with E-state index in [1.165, 1.54) is 42.2 Å². The Bertz CT molecular complexity index is 1090. The lowest BCUT2D eigenvalue weighted by molar-refractivity contribution is -0.118. The summed E-state index contributed by atoms with van der Waals surface area (Å²) in [7, 11) is 0. The zero-order valence-electron chi connectivity index (χ0n) is 20.8. The van der Waals surface area contributed by atoms with Crippen molar-refractivity contribution < 1.29 is 4.79 Å². The second-order valence-electron chi connectivity index (χ2n) is 10.3. The van der Waals surface area contributed by atoms with Crippen molar-refractivity contribution in [2.45, 2.75) is 83.0 Å². The minimum atomic E-state index is 0.0137. The molecule has 1 aliphatic rings. The van der Waals surface area contributed by atoms with E-state index in [4.69, 9.17) is 0 Å². The van der Waals surface area contributed by atoms with Gasteiger partial charge in [-0.3, -0.25) is 9.36 Å². The van der Waals surface area contributed by atoms with Gasteiger partial charge in [-0.25, -0.2) is 0 Å². The maximum Gasteiger partial charge on any atom is 0.230 e. The molecule has 34 heavy (non-hydrogen) atoms. The molecule has 1 aromatic heterocycles. The van der Waals surface area contributed by atoms with E-state index in [-0.39, 0.29) is 11.3 Å². The smallest absolute Gasteiger partial charge is 0.230 e. The molecule has 6 heteroatoms. The average Bonchev–Trinajstić information content (AvgIpc) is 3.26. The fraction of sp³-hybridized carbons (Fsp3) is 0.464. The van der Waals surface area contributed by atoms with E-state index in [0.29, 0.717) is 18.3 Å². The van der Waals surface area contributed by atoms with Crippen molar-refractivity contribution in [2.24, 2.45) is 0 Å². The van der Waals surface area contributed by atoms with E-state index in [1.807, 2.05) is 0 Å². The van der Waals surface area contributed by atoms with Gasteiger partial charge < -0.3 is 5.32 Å². The third-order valence-electron chi connectivity index (χ3n) is 6.56. The summed E-state index contributed by atoms with van der Waals surface area (Å²) in [6, 6.07) is 17.3. The van der Waals surface area contributed by atoms with Crippen LogP contribution in [-0.4, -0.2) is 26.4 Å². The van der Waals surface area contributed by atoms with Gasteiger partial charge in [0.05, 0.1) is 5.75 Å². The fourth-order valence-corrected chi connectivity index (χ4v) is 5.28. The third kappa shape index (κ3) is 6.09. The molecule has 0 unspecified atom stereocenters. The quantitative estimate of drug-likeness (QED) is 0.397. The zero-order chi connectivity index (χ0) is 24.1. The Kier molecular flexibility index (Phi) is 7.77. The number of nitrogens with one attached hydrogen (secondary N) is 1. The second kappa shape index (κ2) is 10.8. The maximum atomic E-state index is 12.6. The molecule has 1 heterocycles.